The van der Waals surface area contributed by atoms with Gasteiger partial charge in [-0.1, -0.05) is 29.3 Å². The fourth-order valence-electron chi connectivity index (χ4n) is 1.75. The Morgan fingerprint density at radius 3 is 2.47 bits per heavy atom. The minimum Gasteiger partial charge on any atom is -0.481 e. The van der Waals surface area contributed by atoms with Gasteiger partial charge in [-0.15, -0.1) is 0 Å². The van der Waals surface area contributed by atoms with Gasteiger partial charge in [0.05, 0.1) is 16.0 Å². The second kappa shape index (κ2) is 4.03. The van der Waals surface area contributed by atoms with Crippen LogP contribution in [0.2, 0.25) is 10.0 Å². The second-order valence-electron chi connectivity index (χ2n) is 3.83. The molecule has 0 amide bonds. The summed E-state index contributed by atoms with van der Waals surface area (Å²) in [5, 5.41) is 10.00. The highest BCUT2D eigenvalue weighted by Gasteiger charge is 2.37. The molecule has 0 saturated heterocycles. The Bertz CT molecular complexity index is 400. The second-order valence-corrected chi connectivity index (χ2v) is 4.64. The first-order valence-electron chi connectivity index (χ1n) is 4.77. The highest BCUT2D eigenvalue weighted by atomic mass is 35.5. The predicted octanol–water partition coefficient (Wildman–Crippen LogP) is 3.57. The Labute approximate surface area is 97.8 Å². The molecule has 0 heterocycles. The lowest BCUT2D eigenvalue weighted by Gasteiger charge is -2.12. The topological polar surface area (TPSA) is 37.3 Å². The van der Waals surface area contributed by atoms with Crippen LogP contribution in [0.25, 0.3) is 0 Å². The van der Waals surface area contributed by atoms with Crippen LogP contribution in [0.1, 0.15) is 24.3 Å². The molecule has 1 aliphatic rings. The molecule has 1 fully saturated rings. The van der Waals surface area contributed by atoms with Gasteiger partial charge in [0, 0.05) is 0 Å². The number of halogens is 2. The largest absolute Gasteiger partial charge is 0.481 e. The molecule has 1 aromatic rings. The number of rotatable bonds is 3. The number of hydrogen-bond donors (Lipinski definition) is 1. The van der Waals surface area contributed by atoms with Crippen LogP contribution >= 0.6 is 23.2 Å². The van der Waals surface area contributed by atoms with Gasteiger partial charge in [-0.3, -0.25) is 4.79 Å². The summed E-state index contributed by atoms with van der Waals surface area (Å²) in [6.45, 7) is 0. The molecule has 1 saturated carbocycles. The van der Waals surface area contributed by atoms with Crippen molar-refractivity contribution in [2.24, 2.45) is 5.92 Å². The quantitative estimate of drug-likeness (QED) is 0.883. The lowest BCUT2D eigenvalue weighted by molar-refractivity contribution is -0.139. The van der Waals surface area contributed by atoms with Crippen molar-refractivity contribution in [3.8, 4) is 0 Å². The highest BCUT2D eigenvalue weighted by Crippen LogP contribution is 2.43. The molecule has 2 rings (SSSR count). The fraction of sp³-hybridized carbons (Fsp3) is 0.364. The van der Waals surface area contributed by atoms with Gasteiger partial charge in [0.15, 0.2) is 0 Å². The monoisotopic (exact) mass is 244 g/mol. The van der Waals surface area contributed by atoms with E-state index in [-0.39, 0.29) is 5.92 Å². The lowest BCUT2D eigenvalue weighted by atomic mass is 9.94. The summed E-state index contributed by atoms with van der Waals surface area (Å²) in [5.41, 5.74) is 0.749. The molecule has 0 radical (unpaired) electrons. The zero-order valence-corrected chi connectivity index (χ0v) is 9.42. The molecule has 2 nitrogen and oxygen atoms in total. The van der Waals surface area contributed by atoms with Crippen molar-refractivity contribution in [3.63, 3.8) is 0 Å². The van der Waals surface area contributed by atoms with Crippen molar-refractivity contribution in [1.29, 1.82) is 0 Å². The van der Waals surface area contributed by atoms with E-state index < -0.39 is 11.9 Å². The molecule has 0 aromatic heterocycles. The van der Waals surface area contributed by atoms with E-state index in [1.54, 1.807) is 18.2 Å². The number of carboxylic acid groups (broad SMARTS) is 1. The zero-order valence-electron chi connectivity index (χ0n) is 7.91. The summed E-state index contributed by atoms with van der Waals surface area (Å²) in [5.74, 6) is -0.949. The van der Waals surface area contributed by atoms with Gasteiger partial charge >= 0.3 is 5.97 Å². The molecular weight excluding hydrogens is 235 g/mol. The van der Waals surface area contributed by atoms with Crippen LogP contribution in [0.5, 0.6) is 0 Å². The third kappa shape index (κ3) is 2.27. The number of benzene rings is 1. The van der Waals surface area contributed by atoms with Gasteiger partial charge in [-0.25, -0.2) is 0 Å². The van der Waals surface area contributed by atoms with Crippen molar-refractivity contribution in [2.45, 2.75) is 18.8 Å². The number of aliphatic carboxylic acids is 1. The fourth-order valence-corrected chi connectivity index (χ4v) is 2.06. The molecule has 1 N–H and O–H groups in total. The summed E-state index contributed by atoms with van der Waals surface area (Å²) in [4.78, 5) is 11.1. The Balaban J connectivity index is 2.33. The van der Waals surface area contributed by atoms with E-state index >= 15 is 0 Å². The molecule has 0 spiro atoms. The van der Waals surface area contributed by atoms with Crippen molar-refractivity contribution in [3.05, 3.63) is 33.8 Å². The van der Waals surface area contributed by atoms with Gasteiger partial charge in [0.1, 0.15) is 0 Å². The first-order chi connectivity index (χ1) is 7.09. The third-order valence-corrected chi connectivity index (χ3v) is 3.40. The highest BCUT2D eigenvalue weighted by molar-refractivity contribution is 6.42. The van der Waals surface area contributed by atoms with Gasteiger partial charge < -0.3 is 5.11 Å². The molecule has 0 bridgehead atoms. The molecular formula is C11H10Cl2O2. The summed E-state index contributed by atoms with van der Waals surface area (Å²) in [6, 6.07) is 5.05. The lowest BCUT2D eigenvalue weighted by Crippen LogP contribution is -2.13. The van der Waals surface area contributed by atoms with E-state index in [4.69, 9.17) is 28.3 Å². The number of hydrogen-bond acceptors (Lipinski definition) is 1. The van der Waals surface area contributed by atoms with E-state index in [0.717, 1.165) is 18.4 Å². The van der Waals surface area contributed by atoms with Crippen LogP contribution in [-0.2, 0) is 4.79 Å². The average molecular weight is 245 g/mol. The van der Waals surface area contributed by atoms with Gasteiger partial charge in [0.2, 0.25) is 0 Å². The molecule has 80 valence electrons. The maximum absolute atomic E-state index is 11.1. The Morgan fingerprint density at radius 1 is 1.33 bits per heavy atom. The molecule has 1 aromatic carbocycles. The number of carboxylic acids is 1. The van der Waals surface area contributed by atoms with E-state index in [2.05, 4.69) is 0 Å². The van der Waals surface area contributed by atoms with E-state index in [1.807, 2.05) is 0 Å². The Morgan fingerprint density at radius 2 is 2.00 bits per heavy atom. The van der Waals surface area contributed by atoms with Crippen molar-refractivity contribution >= 4 is 29.2 Å². The first kappa shape index (κ1) is 10.8. The summed E-state index contributed by atoms with van der Waals surface area (Å²) < 4.78 is 0. The van der Waals surface area contributed by atoms with E-state index in [1.165, 1.54) is 0 Å². The summed E-state index contributed by atoms with van der Waals surface area (Å²) in [7, 11) is 0. The standard InChI is InChI=1S/C11H10Cl2O2/c12-8-4-3-7(5-9(8)13)10(11(14)15)6-1-2-6/h3-6,10H,1-2H2,(H,14,15). The third-order valence-electron chi connectivity index (χ3n) is 2.66. The minimum atomic E-state index is -0.782. The molecule has 1 unspecified atom stereocenters. The minimum absolute atomic E-state index is 0.264. The zero-order chi connectivity index (χ0) is 11.0. The van der Waals surface area contributed by atoms with Crippen LogP contribution in [0, 0.1) is 5.92 Å². The average Bonchev–Trinajstić information content (AvgIpc) is 2.95. The van der Waals surface area contributed by atoms with Crippen LogP contribution in [0.4, 0.5) is 0 Å². The Hall–Kier alpha value is -0.730. The molecule has 1 aliphatic carbocycles. The molecule has 4 heteroatoms. The van der Waals surface area contributed by atoms with Crippen LogP contribution in [0.3, 0.4) is 0 Å². The van der Waals surface area contributed by atoms with Crippen molar-refractivity contribution < 1.29 is 9.90 Å². The van der Waals surface area contributed by atoms with Crippen molar-refractivity contribution in [2.75, 3.05) is 0 Å². The number of carbonyl (C=O) groups is 1. The predicted molar refractivity (Wildman–Crippen MR) is 59.6 cm³/mol. The van der Waals surface area contributed by atoms with Gasteiger partial charge in [0.25, 0.3) is 0 Å². The normalized spacial score (nSPS) is 17.5. The SMILES string of the molecule is O=C(O)C(c1ccc(Cl)c(Cl)c1)C1CC1. The van der Waals surface area contributed by atoms with Crippen LogP contribution in [-0.4, -0.2) is 11.1 Å². The van der Waals surface area contributed by atoms with Crippen LogP contribution in [0.15, 0.2) is 18.2 Å². The van der Waals surface area contributed by atoms with E-state index in [9.17, 15) is 4.79 Å². The van der Waals surface area contributed by atoms with Crippen LogP contribution < -0.4 is 0 Å². The summed E-state index contributed by atoms with van der Waals surface area (Å²) in [6.07, 6.45) is 1.97. The van der Waals surface area contributed by atoms with E-state index in [0.29, 0.717) is 10.0 Å². The summed E-state index contributed by atoms with van der Waals surface area (Å²) >= 11 is 11.6. The maximum atomic E-state index is 11.1. The first-order valence-corrected chi connectivity index (χ1v) is 5.53. The Kier molecular flexibility index (Phi) is 2.89. The molecule has 0 aliphatic heterocycles. The molecule has 1 atom stereocenters. The maximum Gasteiger partial charge on any atom is 0.311 e. The smallest absolute Gasteiger partial charge is 0.311 e. The van der Waals surface area contributed by atoms with Gasteiger partial charge in [-0.05, 0) is 36.5 Å². The molecule has 15 heavy (non-hydrogen) atoms. The van der Waals surface area contributed by atoms with Crippen molar-refractivity contribution in [1.82, 2.24) is 0 Å². The van der Waals surface area contributed by atoms with Gasteiger partial charge in [-0.2, -0.15) is 0 Å².